The summed E-state index contributed by atoms with van der Waals surface area (Å²) in [6.45, 7) is 7.32. The molecule has 0 spiro atoms. The number of piperidine rings is 1. The predicted molar refractivity (Wildman–Crippen MR) is 109 cm³/mol. The zero-order chi connectivity index (χ0) is 18.5. The maximum atomic E-state index is 6.10. The first kappa shape index (κ1) is 18.2. The molecule has 3 rings (SSSR count). The number of hydrazine groups is 1. The Morgan fingerprint density at radius 2 is 2.04 bits per heavy atom. The summed E-state index contributed by atoms with van der Waals surface area (Å²) >= 11 is 0. The molecule has 6 nitrogen and oxygen atoms in total. The van der Waals surface area contributed by atoms with Crippen LogP contribution in [0.15, 0.2) is 48.9 Å². The molecule has 1 saturated heterocycles. The lowest BCUT2D eigenvalue weighted by Gasteiger charge is -2.27. The van der Waals surface area contributed by atoms with Crippen molar-refractivity contribution in [3.05, 3.63) is 54.5 Å². The lowest BCUT2D eigenvalue weighted by atomic mass is 10.1. The van der Waals surface area contributed by atoms with Gasteiger partial charge in [0.25, 0.3) is 0 Å². The molecule has 2 aromatic rings. The van der Waals surface area contributed by atoms with E-state index in [0.717, 1.165) is 47.5 Å². The van der Waals surface area contributed by atoms with Crippen molar-refractivity contribution in [3.8, 4) is 0 Å². The van der Waals surface area contributed by atoms with Gasteiger partial charge in [-0.05, 0) is 49.0 Å². The van der Waals surface area contributed by atoms with Gasteiger partial charge in [-0.25, -0.2) is 10.8 Å². The summed E-state index contributed by atoms with van der Waals surface area (Å²) in [5.41, 5.74) is 8.62. The Bertz CT molecular complexity index is 805. The second-order valence-electron chi connectivity index (χ2n) is 6.95. The Morgan fingerprint density at radius 3 is 2.77 bits per heavy atom. The maximum Gasteiger partial charge on any atom is 0.130 e. The summed E-state index contributed by atoms with van der Waals surface area (Å²) in [5.74, 6) is 6.44. The third-order valence-electron chi connectivity index (χ3n) is 4.57. The smallest absolute Gasteiger partial charge is 0.130 e. The number of nitrogens with two attached hydrogens (primary N) is 2. The highest BCUT2D eigenvalue weighted by Crippen LogP contribution is 2.22. The topological polar surface area (TPSA) is 83.4 Å². The van der Waals surface area contributed by atoms with Gasteiger partial charge in [0.1, 0.15) is 5.82 Å². The molecule has 0 amide bonds. The van der Waals surface area contributed by atoms with Crippen LogP contribution in [0.1, 0.15) is 24.8 Å². The third-order valence-corrected chi connectivity index (χ3v) is 4.57. The fraction of sp³-hybridized carbons (Fsp3) is 0.350. The summed E-state index contributed by atoms with van der Waals surface area (Å²) in [6, 6.07) is 8.06. The van der Waals surface area contributed by atoms with Crippen molar-refractivity contribution in [2.24, 2.45) is 11.6 Å². The van der Waals surface area contributed by atoms with Crippen LogP contribution in [0.4, 0.5) is 5.82 Å². The van der Waals surface area contributed by atoms with Gasteiger partial charge in [-0.3, -0.25) is 4.90 Å². The molecule has 5 N–H and O–H groups in total. The summed E-state index contributed by atoms with van der Waals surface area (Å²) in [7, 11) is 1.74. The first-order chi connectivity index (χ1) is 12.5. The van der Waals surface area contributed by atoms with Gasteiger partial charge in [-0.1, -0.05) is 25.1 Å². The molecular weight excluding hydrogens is 324 g/mol. The van der Waals surface area contributed by atoms with E-state index in [1.54, 1.807) is 13.2 Å². The number of fused-ring (bicyclic) bond motifs is 1. The summed E-state index contributed by atoms with van der Waals surface area (Å²) in [5, 5.41) is 6.92. The molecular formula is C20H28N6. The molecule has 0 saturated carbocycles. The largest absolute Gasteiger partial charge is 0.397 e. The van der Waals surface area contributed by atoms with Gasteiger partial charge in [0.15, 0.2) is 0 Å². The average Bonchev–Trinajstić information content (AvgIpc) is 2.61. The van der Waals surface area contributed by atoms with Gasteiger partial charge in [0.05, 0.1) is 5.70 Å². The van der Waals surface area contributed by atoms with E-state index < -0.39 is 0 Å². The molecule has 138 valence electrons. The molecule has 0 unspecified atom stereocenters. The van der Waals surface area contributed by atoms with Crippen molar-refractivity contribution in [1.29, 1.82) is 0 Å². The van der Waals surface area contributed by atoms with Gasteiger partial charge in [0.2, 0.25) is 0 Å². The van der Waals surface area contributed by atoms with E-state index >= 15 is 0 Å². The number of likely N-dealkylation sites (tertiary alicyclic amines) is 1. The van der Waals surface area contributed by atoms with Gasteiger partial charge in [0, 0.05) is 37.1 Å². The fourth-order valence-electron chi connectivity index (χ4n) is 3.29. The predicted octanol–water partition coefficient (Wildman–Crippen LogP) is 2.71. The minimum atomic E-state index is 0.623. The Hall–Kier alpha value is -2.57. The van der Waals surface area contributed by atoms with Gasteiger partial charge < -0.3 is 16.1 Å². The minimum absolute atomic E-state index is 0.623. The zero-order valence-electron chi connectivity index (χ0n) is 15.4. The highest BCUT2D eigenvalue weighted by atomic mass is 15.4. The molecule has 1 aliphatic heterocycles. The van der Waals surface area contributed by atoms with E-state index in [9.17, 15) is 0 Å². The Balaban J connectivity index is 1.73. The van der Waals surface area contributed by atoms with E-state index in [-0.39, 0.29) is 0 Å². The second-order valence-corrected chi connectivity index (χ2v) is 6.95. The number of nitrogens with zero attached hydrogens (tertiary/aromatic N) is 3. The maximum absolute atomic E-state index is 6.10. The molecule has 2 heterocycles. The van der Waals surface area contributed by atoms with Crippen molar-refractivity contribution in [1.82, 2.24) is 14.9 Å². The number of anilines is 1. The van der Waals surface area contributed by atoms with Crippen LogP contribution in [0.2, 0.25) is 0 Å². The number of benzene rings is 1. The normalized spacial score (nSPS) is 15.8. The van der Waals surface area contributed by atoms with Crippen molar-refractivity contribution < 1.29 is 0 Å². The molecule has 6 heteroatoms. The van der Waals surface area contributed by atoms with Crippen molar-refractivity contribution in [2.75, 3.05) is 32.0 Å². The van der Waals surface area contributed by atoms with E-state index in [1.807, 2.05) is 30.5 Å². The van der Waals surface area contributed by atoms with Crippen LogP contribution in [0.5, 0.6) is 0 Å². The van der Waals surface area contributed by atoms with E-state index in [0.29, 0.717) is 5.70 Å². The Kier molecular flexibility index (Phi) is 5.75. The van der Waals surface area contributed by atoms with Gasteiger partial charge in [-0.15, -0.1) is 0 Å². The fourth-order valence-corrected chi connectivity index (χ4v) is 3.29. The first-order valence-corrected chi connectivity index (χ1v) is 9.03. The number of hydrogen-bond donors (Lipinski definition) is 3. The van der Waals surface area contributed by atoms with E-state index in [2.05, 4.69) is 21.8 Å². The molecule has 0 bridgehead atoms. The highest BCUT2D eigenvalue weighted by Gasteiger charge is 2.11. The summed E-state index contributed by atoms with van der Waals surface area (Å²) < 4.78 is 0. The summed E-state index contributed by atoms with van der Waals surface area (Å²) in [4.78, 5) is 6.94. The van der Waals surface area contributed by atoms with Crippen molar-refractivity contribution in [2.45, 2.75) is 19.3 Å². The van der Waals surface area contributed by atoms with Crippen LogP contribution in [0.3, 0.4) is 0 Å². The van der Waals surface area contributed by atoms with Gasteiger partial charge in [-0.2, -0.15) is 0 Å². The van der Waals surface area contributed by atoms with Crippen LogP contribution >= 0.6 is 0 Å². The first-order valence-electron chi connectivity index (χ1n) is 9.03. The van der Waals surface area contributed by atoms with Crippen molar-refractivity contribution in [3.63, 3.8) is 0 Å². The van der Waals surface area contributed by atoms with Crippen molar-refractivity contribution >= 4 is 22.3 Å². The molecule has 0 atom stereocenters. The molecule has 0 aliphatic carbocycles. The standard InChI is InChI=1S/C20H28N6/c1-15(13-26-8-4-3-5-9-26)24-20-11-18-10-16(19(21)14-25(2)22)6-7-17(18)12-23-20/h6-7,10-12,14H,1,3-5,8-9,13,21-22H2,2H3,(H,23,24)/b19-14-. The molecule has 0 radical (unpaired) electrons. The molecule has 1 fully saturated rings. The minimum Gasteiger partial charge on any atom is -0.397 e. The molecule has 1 aromatic heterocycles. The SMILES string of the molecule is C=C(CN1CCCCC1)Nc1cc2cc(/C(N)=C/N(C)N)ccc2cn1. The number of rotatable bonds is 6. The van der Waals surface area contributed by atoms with Gasteiger partial charge >= 0.3 is 0 Å². The Labute approximate surface area is 155 Å². The van der Waals surface area contributed by atoms with E-state index in [1.165, 1.54) is 24.3 Å². The summed E-state index contributed by atoms with van der Waals surface area (Å²) in [6.07, 6.45) is 7.45. The molecule has 1 aliphatic rings. The number of nitrogens with one attached hydrogen (secondary N) is 1. The monoisotopic (exact) mass is 352 g/mol. The van der Waals surface area contributed by atoms with Crippen LogP contribution in [0, 0.1) is 0 Å². The molecule has 1 aromatic carbocycles. The Morgan fingerprint density at radius 1 is 1.27 bits per heavy atom. The lowest BCUT2D eigenvalue weighted by Crippen LogP contribution is -2.32. The highest BCUT2D eigenvalue weighted by molar-refractivity contribution is 5.87. The van der Waals surface area contributed by atoms with Crippen LogP contribution in [0.25, 0.3) is 16.5 Å². The number of pyridine rings is 1. The van der Waals surface area contributed by atoms with Crippen LogP contribution in [-0.2, 0) is 0 Å². The molecule has 26 heavy (non-hydrogen) atoms. The quantitative estimate of drug-likeness (QED) is 0.548. The number of aromatic nitrogens is 1. The third kappa shape index (κ3) is 4.74. The number of hydrogen-bond acceptors (Lipinski definition) is 6. The second kappa shape index (κ2) is 8.21. The van der Waals surface area contributed by atoms with E-state index in [4.69, 9.17) is 11.6 Å². The average molecular weight is 352 g/mol. The zero-order valence-corrected chi connectivity index (χ0v) is 15.4. The lowest BCUT2D eigenvalue weighted by molar-refractivity contribution is 0.247. The van der Waals surface area contributed by atoms with Crippen LogP contribution in [-0.4, -0.2) is 41.6 Å². The van der Waals surface area contributed by atoms with Crippen LogP contribution < -0.4 is 16.9 Å².